The highest BCUT2D eigenvalue weighted by Gasteiger charge is 2.08. The molecule has 1 heterocycles. The Hall–Kier alpha value is -2.07. The first-order chi connectivity index (χ1) is 9.81. The van der Waals surface area contributed by atoms with Gasteiger partial charge in [-0.25, -0.2) is 0 Å². The molecule has 1 aromatic carbocycles. The lowest BCUT2D eigenvalue weighted by molar-refractivity contribution is 0.0949. The third-order valence-electron chi connectivity index (χ3n) is 3.03. The normalized spacial score (nSPS) is 10.4. The maximum Gasteiger partial charge on any atom is 0.267 e. The van der Waals surface area contributed by atoms with E-state index >= 15 is 0 Å². The van der Waals surface area contributed by atoms with E-state index in [1.807, 2.05) is 42.5 Å². The molecule has 3 N–H and O–H groups in total. The van der Waals surface area contributed by atoms with Gasteiger partial charge in [-0.2, -0.15) is 0 Å². The summed E-state index contributed by atoms with van der Waals surface area (Å²) in [6.07, 6.45) is 1.10. The van der Waals surface area contributed by atoms with Gasteiger partial charge in [-0.05, 0) is 30.7 Å². The van der Waals surface area contributed by atoms with Crippen molar-refractivity contribution in [1.82, 2.24) is 15.6 Å². The van der Waals surface area contributed by atoms with Gasteiger partial charge in [-0.3, -0.25) is 4.79 Å². The third kappa shape index (κ3) is 3.96. The van der Waals surface area contributed by atoms with Crippen LogP contribution in [-0.2, 0) is 0 Å². The van der Waals surface area contributed by atoms with E-state index in [0.717, 1.165) is 30.8 Å². The summed E-state index contributed by atoms with van der Waals surface area (Å²) in [5, 5.41) is 6.14. The molecule has 0 radical (unpaired) electrons. The number of benzene rings is 1. The van der Waals surface area contributed by atoms with Crippen LogP contribution in [0.25, 0.3) is 11.3 Å². The Bertz CT molecular complexity index is 534. The SMILES string of the molecule is CCCNCCNC(=O)c1ccc(-c2ccccc2)[nH]1. The Morgan fingerprint density at radius 2 is 1.85 bits per heavy atom. The van der Waals surface area contributed by atoms with Crippen molar-refractivity contribution in [2.45, 2.75) is 13.3 Å². The second-order valence-corrected chi connectivity index (χ2v) is 4.66. The van der Waals surface area contributed by atoms with Gasteiger partial charge in [0, 0.05) is 18.8 Å². The molecule has 106 valence electrons. The summed E-state index contributed by atoms with van der Waals surface area (Å²) in [7, 11) is 0. The molecule has 0 aliphatic carbocycles. The zero-order valence-electron chi connectivity index (χ0n) is 11.8. The molecular formula is C16H21N3O. The fourth-order valence-corrected chi connectivity index (χ4v) is 1.98. The number of aromatic nitrogens is 1. The predicted octanol–water partition coefficient (Wildman–Crippen LogP) is 2.41. The van der Waals surface area contributed by atoms with E-state index in [4.69, 9.17) is 0 Å². The lowest BCUT2D eigenvalue weighted by Crippen LogP contribution is -2.32. The molecule has 0 atom stereocenters. The van der Waals surface area contributed by atoms with Gasteiger partial charge < -0.3 is 15.6 Å². The Labute approximate surface area is 119 Å². The first-order valence-corrected chi connectivity index (χ1v) is 7.04. The second kappa shape index (κ2) is 7.50. The standard InChI is InChI=1S/C16H21N3O/c1-2-10-17-11-12-18-16(20)15-9-8-14(19-15)13-6-4-3-5-7-13/h3-9,17,19H,2,10-12H2,1H3,(H,18,20). The molecule has 4 nitrogen and oxygen atoms in total. The number of rotatable bonds is 7. The van der Waals surface area contributed by atoms with E-state index in [1.54, 1.807) is 0 Å². The number of aromatic amines is 1. The van der Waals surface area contributed by atoms with Gasteiger partial charge in [-0.1, -0.05) is 37.3 Å². The highest BCUT2D eigenvalue weighted by atomic mass is 16.1. The van der Waals surface area contributed by atoms with E-state index in [-0.39, 0.29) is 5.91 Å². The van der Waals surface area contributed by atoms with E-state index in [9.17, 15) is 4.79 Å². The van der Waals surface area contributed by atoms with Gasteiger partial charge in [0.25, 0.3) is 5.91 Å². The first kappa shape index (κ1) is 14.3. The van der Waals surface area contributed by atoms with Crippen LogP contribution >= 0.6 is 0 Å². The summed E-state index contributed by atoms with van der Waals surface area (Å²) in [4.78, 5) is 15.1. The summed E-state index contributed by atoms with van der Waals surface area (Å²) >= 11 is 0. The number of carbonyl (C=O) groups excluding carboxylic acids is 1. The van der Waals surface area contributed by atoms with Crippen LogP contribution in [0.1, 0.15) is 23.8 Å². The number of amides is 1. The molecule has 4 heteroatoms. The molecule has 0 spiro atoms. The molecule has 0 bridgehead atoms. The van der Waals surface area contributed by atoms with Crippen molar-refractivity contribution >= 4 is 5.91 Å². The summed E-state index contributed by atoms with van der Waals surface area (Å²) < 4.78 is 0. The molecular weight excluding hydrogens is 250 g/mol. The zero-order chi connectivity index (χ0) is 14.2. The lowest BCUT2D eigenvalue weighted by Gasteiger charge is -2.05. The molecule has 2 rings (SSSR count). The topological polar surface area (TPSA) is 56.9 Å². The maximum absolute atomic E-state index is 12.0. The fraction of sp³-hybridized carbons (Fsp3) is 0.312. The molecule has 20 heavy (non-hydrogen) atoms. The maximum atomic E-state index is 12.0. The molecule has 0 unspecified atom stereocenters. The number of carbonyl (C=O) groups is 1. The first-order valence-electron chi connectivity index (χ1n) is 7.04. The van der Waals surface area contributed by atoms with Crippen molar-refractivity contribution < 1.29 is 4.79 Å². The Balaban J connectivity index is 1.87. The Kier molecular flexibility index (Phi) is 5.38. The monoisotopic (exact) mass is 271 g/mol. The van der Waals surface area contributed by atoms with Crippen molar-refractivity contribution in [3.8, 4) is 11.3 Å². The van der Waals surface area contributed by atoms with Crippen LogP contribution in [-0.4, -0.2) is 30.5 Å². The quantitative estimate of drug-likeness (QED) is 0.677. The lowest BCUT2D eigenvalue weighted by atomic mass is 10.2. The largest absolute Gasteiger partial charge is 0.351 e. The van der Waals surface area contributed by atoms with Crippen molar-refractivity contribution in [1.29, 1.82) is 0 Å². The smallest absolute Gasteiger partial charge is 0.267 e. The summed E-state index contributed by atoms with van der Waals surface area (Å²) in [6, 6.07) is 13.7. The van der Waals surface area contributed by atoms with Gasteiger partial charge in [0.15, 0.2) is 0 Å². The molecule has 0 saturated carbocycles. The van der Waals surface area contributed by atoms with E-state index < -0.39 is 0 Å². The Morgan fingerprint density at radius 1 is 1.05 bits per heavy atom. The molecule has 1 aromatic heterocycles. The number of H-pyrrole nitrogens is 1. The van der Waals surface area contributed by atoms with E-state index in [1.165, 1.54) is 0 Å². The van der Waals surface area contributed by atoms with Crippen molar-refractivity contribution in [2.24, 2.45) is 0 Å². The minimum absolute atomic E-state index is 0.0644. The number of hydrogen-bond acceptors (Lipinski definition) is 2. The summed E-state index contributed by atoms with van der Waals surface area (Å²) in [5.74, 6) is -0.0644. The van der Waals surface area contributed by atoms with E-state index in [0.29, 0.717) is 12.2 Å². The van der Waals surface area contributed by atoms with Crippen LogP contribution in [0.5, 0.6) is 0 Å². The van der Waals surface area contributed by atoms with Gasteiger partial charge in [-0.15, -0.1) is 0 Å². The highest BCUT2D eigenvalue weighted by molar-refractivity contribution is 5.93. The third-order valence-corrected chi connectivity index (χ3v) is 3.03. The zero-order valence-corrected chi connectivity index (χ0v) is 11.8. The number of nitrogens with one attached hydrogen (secondary N) is 3. The molecule has 2 aromatic rings. The molecule has 1 amide bonds. The Morgan fingerprint density at radius 3 is 2.60 bits per heavy atom. The minimum atomic E-state index is -0.0644. The van der Waals surface area contributed by atoms with Gasteiger partial charge in [0.2, 0.25) is 0 Å². The van der Waals surface area contributed by atoms with Crippen LogP contribution in [0.4, 0.5) is 0 Å². The molecule has 0 fully saturated rings. The van der Waals surface area contributed by atoms with Gasteiger partial charge in [0.05, 0.1) is 0 Å². The van der Waals surface area contributed by atoms with Crippen LogP contribution < -0.4 is 10.6 Å². The van der Waals surface area contributed by atoms with Crippen LogP contribution in [0.2, 0.25) is 0 Å². The van der Waals surface area contributed by atoms with Crippen molar-refractivity contribution in [3.63, 3.8) is 0 Å². The average Bonchev–Trinajstić information content (AvgIpc) is 2.98. The molecule has 0 aliphatic rings. The average molecular weight is 271 g/mol. The minimum Gasteiger partial charge on any atom is -0.351 e. The van der Waals surface area contributed by atoms with Gasteiger partial charge in [0.1, 0.15) is 5.69 Å². The molecule has 0 saturated heterocycles. The summed E-state index contributed by atoms with van der Waals surface area (Å²) in [6.45, 7) is 4.54. The van der Waals surface area contributed by atoms with E-state index in [2.05, 4.69) is 22.5 Å². The van der Waals surface area contributed by atoms with Crippen molar-refractivity contribution in [2.75, 3.05) is 19.6 Å². The highest BCUT2D eigenvalue weighted by Crippen LogP contribution is 2.17. The van der Waals surface area contributed by atoms with Crippen LogP contribution in [0.3, 0.4) is 0 Å². The summed E-state index contributed by atoms with van der Waals surface area (Å²) in [5.41, 5.74) is 2.63. The predicted molar refractivity (Wildman–Crippen MR) is 81.7 cm³/mol. The van der Waals surface area contributed by atoms with Gasteiger partial charge >= 0.3 is 0 Å². The number of hydrogen-bond donors (Lipinski definition) is 3. The van der Waals surface area contributed by atoms with Crippen LogP contribution in [0, 0.1) is 0 Å². The van der Waals surface area contributed by atoms with Crippen molar-refractivity contribution in [3.05, 3.63) is 48.2 Å². The molecule has 0 aliphatic heterocycles. The fourth-order valence-electron chi connectivity index (χ4n) is 1.98. The second-order valence-electron chi connectivity index (χ2n) is 4.66. The van der Waals surface area contributed by atoms with Crippen LogP contribution in [0.15, 0.2) is 42.5 Å².